The minimum absolute atomic E-state index is 0.0456. The van der Waals surface area contributed by atoms with E-state index in [4.69, 9.17) is 0 Å². The number of aryl methyl sites for hydroxylation is 1. The van der Waals surface area contributed by atoms with Crippen LogP contribution in [0.3, 0.4) is 0 Å². The van der Waals surface area contributed by atoms with Gasteiger partial charge in [0.1, 0.15) is 5.82 Å². The molecule has 0 saturated heterocycles. The fourth-order valence-corrected chi connectivity index (χ4v) is 2.08. The molecule has 3 nitrogen and oxygen atoms in total. The van der Waals surface area contributed by atoms with E-state index in [0.29, 0.717) is 0 Å². The maximum atomic E-state index is 9.19. The van der Waals surface area contributed by atoms with E-state index in [1.54, 1.807) is 0 Å². The number of nitrogens with zero attached hydrogens (tertiary/aromatic N) is 2. The number of aliphatic hydroxyl groups excluding tert-OH is 1. The Hall–Kier alpha value is -1.87. The molecule has 100 valence electrons. The van der Waals surface area contributed by atoms with Crippen LogP contribution in [0.5, 0.6) is 0 Å². The first-order valence-electron chi connectivity index (χ1n) is 6.61. The van der Waals surface area contributed by atoms with E-state index in [-0.39, 0.29) is 6.61 Å². The lowest BCUT2D eigenvalue weighted by molar-refractivity contribution is 0.280. The van der Waals surface area contributed by atoms with Crippen LogP contribution in [-0.2, 0) is 13.2 Å². The number of pyridine rings is 1. The fourth-order valence-electron chi connectivity index (χ4n) is 2.08. The Balaban J connectivity index is 2.20. The molecule has 1 N–H and O–H groups in total. The van der Waals surface area contributed by atoms with Gasteiger partial charge in [0.2, 0.25) is 0 Å². The lowest BCUT2D eigenvalue weighted by Crippen LogP contribution is -2.23. The van der Waals surface area contributed by atoms with Crippen LogP contribution in [0.4, 0.5) is 5.82 Å². The lowest BCUT2D eigenvalue weighted by atomic mass is 10.2. The Morgan fingerprint density at radius 1 is 1.11 bits per heavy atom. The van der Waals surface area contributed by atoms with Crippen molar-refractivity contribution in [2.75, 3.05) is 11.4 Å². The standard InChI is InChI=1S/C16H20N2O/c1-3-18(11-14-7-5-4-6-8-14)16-10-9-15(12-19)13(2)17-16/h4-10,19H,3,11-12H2,1-2H3. The first kappa shape index (κ1) is 13.6. The molecule has 19 heavy (non-hydrogen) atoms. The van der Waals surface area contributed by atoms with Crippen molar-refractivity contribution in [1.82, 2.24) is 4.98 Å². The Kier molecular flexibility index (Phi) is 4.53. The molecule has 0 amide bonds. The minimum Gasteiger partial charge on any atom is -0.392 e. The number of anilines is 1. The van der Waals surface area contributed by atoms with E-state index in [0.717, 1.165) is 30.2 Å². The summed E-state index contributed by atoms with van der Waals surface area (Å²) in [6, 6.07) is 14.3. The number of hydrogen-bond acceptors (Lipinski definition) is 3. The second kappa shape index (κ2) is 6.34. The zero-order valence-corrected chi connectivity index (χ0v) is 11.5. The van der Waals surface area contributed by atoms with Gasteiger partial charge in [-0.1, -0.05) is 36.4 Å². The van der Waals surface area contributed by atoms with Crippen LogP contribution >= 0.6 is 0 Å². The van der Waals surface area contributed by atoms with Crippen LogP contribution < -0.4 is 4.90 Å². The molecular weight excluding hydrogens is 236 g/mol. The number of aliphatic hydroxyl groups is 1. The molecule has 0 radical (unpaired) electrons. The van der Waals surface area contributed by atoms with E-state index >= 15 is 0 Å². The molecule has 1 aromatic carbocycles. The Morgan fingerprint density at radius 3 is 2.42 bits per heavy atom. The maximum absolute atomic E-state index is 9.19. The largest absolute Gasteiger partial charge is 0.392 e. The predicted molar refractivity (Wildman–Crippen MR) is 78.1 cm³/mol. The van der Waals surface area contributed by atoms with Crippen molar-refractivity contribution >= 4 is 5.82 Å². The third-order valence-electron chi connectivity index (χ3n) is 3.27. The third-order valence-corrected chi connectivity index (χ3v) is 3.27. The molecule has 0 fully saturated rings. The second-order valence-corrected chi connectivity index (χ2v) is 4.57. The first-order valence-corrected chi connectivity index (χ1v) is 6.61. The highest BCUT2D eigenvalue weighted by atomic mass is 16.3. The molecular formula is C16H20N2O. The van der Waals surface area contributed by atoms with Crippen LogP contribution in [0.1, 0.15) is 23.7 Å². The molecule has 0 atom stereocenters. The van der Waals surface area contributed by atoms with Gasteiger partial charge >= 0.3 is 0 Å². The number of rotatable bonds is 5. The Bertz CT molecular complexity index is 526. The average molecular weight is 256 g/mol. The van der Waals surface area contributed by atoms with Gasteiger partial charge in [-0.25, -0.2) is 4.98 Å². The summed E-state index contributed by atoms with van der Waals surface area (Å²) >= 11 is 0. The van der Waals surface area contributed by atoms with Crippen LogP contribution in [-0.4, -0.2) is 16.6 Å². The van der Waals surface area contributed by atoms with Gasteiger partial charge in [0, 0.05) is 18.8 Å². The molecule has 0 saturated carbocycles. The molecule has 1 aromatic heterocycles. The predicted octanol–water partition coefficient (Wildman–Crippen LogP) is 2.91. The van der Waals surface area contributed by atoms with Crippen molar-refractivity contribution < 1.29 is 5.11 Å². The van der Waals surface area contributed by atoms with Gasteiger partial charge < -0.3 is 10.0 Å². The molecule has 1 heterocycles. The SMILES string of the molecule is CCN(Cc1ccccc1)c1ccc(CO)c(C)n1. The van der Waals surface area contributed by atoms with E-state index in [9.17, 15) is 5.11 Å². The van der Waals surface area contributed by atoms with Crippen LogP contribution in [0, 0.1) is 6.92 Å². The highest BCUT2D eigenvalue weighted by Crippen LogP contribution is 2.17. The molecule has 0 aliphatic heterocycles. The van der Waals surface area contributed by atoms with Crippen molar-refractivity contribution in [1.29, 1.82) is 0 Å². The van der Waals surface area contributed by atoms with Crippen LogP contribution in [0.15, 0.2) is 42.5 Å². The fraction of sp³-hybridized carbons (Fsp3) is 0.312. The highest BCUT2D eigenvalue weighted by molar-refractivity contribution is 5.42. The van der Waals surface area contributed by atoms with E-state index in [2.05, 4.69) is 41.1 Å². The molecule has 3 heteroatoms. The van der Waals surface area contributed by atoms with Gasteiger partial charge in [-0.15, -0.1) is 0 Å². The van der Waals surface area contributed by atoms with Crippen molar-refractivity contribution in [2.24, 2.45) is 0 Å². The van der Waals surface area contributed by atoms with Gasteiger partial charge in [-0.05, 0) is 31.0 Å². The van der Waals surface area contributed by atoms with Gasteiger partial charge in [-0.3, -0.25) is 0 Å². The average Bonchev–Trinajstić information content (AvgIpc) is 2.46. The van der Waals surface area contributed by atoms with Crippen LogP contribution in [0.25, 0.3) is 0 Å². The number of aromatic nitrogens is 1. The number of hydrogen-bond donors (Lipinski definition) is 1. The zero-order chi connectivity index (χ0) is 13.7. The van der Waals surface area contributed by atoms with Crippen molar-refractivity contribution in [3.63, 3.8) is 0 Å². The monoisotopic (exact) mass is 256 g/mol. The molecule has 0 unspecified atom stereocenters. The summed E-state index contributed by atoms with van der Waals surface area (Å²) in [5.41, 5.74) is 3.06. The van der Waals surface area contributed by atoms with E-state index < -0.39 is 0 Å². The summed E-state index contributed by atoms with van der Waals surface area (Å²) in [5.74, 6) is 0.959. The summed E-state index contributed by atoms with van der Waals surface area (Å²) in [6.07, 6.45) is 0. The molecule has 0 aliphatic rings. The molecule has 0 spiro atoms. The van der Waals surface area contributed by atoms with Crippen molar-refractivity contribution in [2.45, 2.75) is 27.0 Å². The quantitative estimate of drug-likeness (QED) is 0.893. The molecule has 2 aromatic rings. The van der Waals surface area contributed by atoms with Gasteiger partial charge in [0.15, 0.2) is 0 Å². The third kappa shape index (κ3) is 3.32. The van der Waals surface area contributed by atoms with Crippen LogP contribution in [0.2, 0.25) is 0 Å². The summed E-state index contributed by atoms with van der Waals surface area (Å²) in [6.45, 7) is 5.86. The molecule has 2 rings (SSSR count). The molecule has 0 bridgehead atoms. The van der Waals surface area contributed by atoms with Gasteiger partial charge in [0.25, 0.3) is 0 Å². The molecule has 0 aliphatic carbocycles. The smallest absolute Gasteiger partial charge is 0.129 e. The first-order chi connectivity index (χ1) is 9.24. The number of benzene rings is 1. The maximum Gasteiger partial charge on any atom is 0.129 e. The lowest BCUT2D eigenvalue weighted by Gasteiger charge is -2.23. The van der Waals surface area contributed by atoms with Crippen molar-refractivity contribution in [3.8, 4) is 0 Å². The zero-order valence-electron chi connectivity index (χ0n) is 11.5. The summed E-state index contributed by atoms with van der Waals surface area (Å²) < 4.78 is 0. The summed E-state index contributed by atoms with van der Waals surface area (Å²) in [7, 11) is 0. The van der Waals surface area contributed by atoms with Crippen molar-refractivity contribution in [3.05, 3.63) is 59.3 Å². The normalized spacial score (nSPS) is 10.5. The Morgan fingerprint density at radius 2 is 1.84 bits per heavy atom. The van der Waals surface area contributed by atoms with E-state index in [1.807, 2.05) is 25.1 Å². The summed E-state index contributed by atoms with van der Waals surface area (Å²) in [4.78, 5) is 6.80. The van der Waals surface area contributed by atoms with Gasteiger partial charge in [0.05, 0.1) is 6.61 Å². The van der Waals surface area contributed by atoms with E-state index in [1.165, 1.54) is 5.56 Å². The topological polar surface area (TPSA) is 36.4 Å². The Labute approximate surface area is 114 Å². The minimum atomic E-state index is 0.0456. The highest BCUT2D eigenvalue weighted by Gasteiger charge is 2.08. The summed E-state index contributed by atoms with van der Waals surface area (Å²) in [5, 5.41) is 9.19. The second-order valence-electron chi connectivity index (χ2n) is 4.57. The van der Waals surface area contributed by atoms with Gasteiger partial charge in [-0.2, -0.15) is 0 Å².